The van der Waals surface area contributed by atoms with Crippen LogP contribution in [0.4, 0.5) is 0 Å². The maximum absolute atomic E-state index is 10.7. The average Bonchev–Trinajstić information content (AvgIpc) is 2.86. The molecule has 84 valence electrons. The van der Waals surface area contributed by atoms with Crippen molar-refractivity contribution < 1.29 is 14.3 Å². The number of hydrogen-bond acceptors (Lipinski definition) is 3. The summed E-state index contributed by atoms with van der Waals surface area (Å²) in [5.41, 5.74) is 2.67. The van der Waals surface area contributed by atoms with Crippen molar-refractivity contribution in [1.82, 2.24) is 0 Å². The molecule has 17 heavy (non-hydrogen) atoms. The summed E-state index contributed by atoms with van der Waals surface area (Å²) in [7, 11) is 0. The summed E-state index contributed by atoms with van der Waals surface area (Å²) >= 11 is 0. The Morgan fingerprint density at radius 1 is 0.941 bits per heavy atom. The van der Waals surface area contributed by atoms with E-state index in [2.05, 4.69) is 0 Å². The van der Waals surface area contributed by atoms with E-state index in [0.29, 0.717) is 5.56 Å². The number of carbonyl (C=O) groups excluding carboxylic acids is 1. The molecular weight excluding hydrogens is 216 g/mol. The van der Waals surface area contributed by atoms with Crippen LogP contribution in [0.5, 0.6) is 11.5 Å². The third kappa shape index (κ3) is 1.76. The quantitative estimate of drug-likeness (QED) is 0.738. The summed E-state index contributed by atoms with van der Waals surface area (Å²) in [6.07, 6.45) is 0.844. The fraction of sp³-hybridized carbons (Fsp3) is 0.0714. The van der Waals surface area contributed by atoms with Crippen molar-refractivity contribution in [2.75, 3.05) is 6.79 Å². The molecule has 0 bridgehead atoms. The molecule has 0 fully saturated rings. The van der Waals surface area contributed by atoms with Crippen LogP contribution in [0.1, 0.15) is 10.4 Å². The first-order valence-electron chi connectivity index (χ1n) is 5.32. The second-order valence-corrected chi connectivity index (χ2v) is 3.81. The first kappa shape index (κ1) is 9.90. The predicted octanol–water partition coefficient (Wildman–Crippen LogP) is 2.89. The first-order valence-corrected chi connectivity index (χ1v) is 5.32. The minimum Gasteiger partial charge on any atom is -0.454 e. The minimum atomic E-state index is 0.271. The van der Waals surface area contributed by atoms with Gasteiger partial charge in [-0.15, -0.1) is 0 Å². The molecule has 0 aliphatic carbocycles. The second kappa shape index (κ2) is 3.94. The zero-order chi connectivity index (χ0) is 11.7. The van der Waals surface area contributed by atoms with E-state index < -0.39 is 0 Å². The Hall–Kier alpha value is -2.29. The molecule has 3 heteroatoms. The van der Waals surface area contributed by atoms with Crippen molar-refractivity contribution in [3.05, 3.63) is 48.0 Å². The minimum absolute atomic E-state index is 0.271. The molecular formula is C14H10O3. The van der Waals surface area contributed by atoms with Crippen LogP contribution in [-0.2, 0) is 0 Å². The van der Waals surface area contributed by atoms with E-state index in [-0.39, 0.29) is 6.79 Å². The molecule has 0 amide bonds. The number of aldehydes is 1. The lowest BCUT2D eigenvalue weighted by molar-refractivity contribution is 0.112. The van der Waals surface area contributed by atoms with E-state index in [4.69, 9.17) is 9.47 Å². The van der Waals surface area contributed by atoms with Crippen molar-refractivity contribution in [2.45, 2.75) is 0 Å². The van der Waals surface area contributed by atoms with Gasteiger partial charge in [0.05, 0.1) is 0 Å². The molecule has 0 unspecified atom stereocenters. The third-order valence-corrected chi connectivity index (χ3v) is 2.73. The van der Waals surface area contributed by atoms with Gasteiger partial charge >= 0.3 is 0 Å². The molecule has 2 aromatic carbocycles. The Labute approximate surface area is 98.6 Å². The summed E-state index contributed by atoms with van der Waals surface area (Å²) in [6, 6.07) is 13.2. The molecule has 0 saturated carbocycles. The number of carbonyl (C=O) groups is 1. The molecule has 0 spiro atoms. The van der Waals surface area contributed by atoms with Crippen molar-refractivity contribution in [3.8, 4) is 22.6 Å². The van der Waals surface area contributed by atoms with E-state index in [1.165, 1.54) is 0 Å². The topological polar surface area (TPSA) is 35.5 Å². The highest BCUT2D eigenvalue weighted by atomic mass is 16.7. The van der Waals surface area contributed by atoms with E-state index in [1.807, 2.05) is 36.4 Å². The van der Waals surface area contributed by atoms with Gasteiger partial charge in [-0.25, -0.2) is 0 Å². The molecule has 0 aromatic heterocycles. The summed E-state index contributed by atoms with van der Waals surface area (Å²) in [6.45, 7) is 0.271. The highest BCUT2D eigenvalue weighted by molar-refractivity contribution is 5.79. The molecule has 0 radical (unpaired) electrons. The number of ether oxygens (including phenoxy) is 2. The van der Waals surface area contributed by atoms with Crippen LogP contribution in [0.2, 0.25) is 0 Å². The van der Waals surface area contributed by atoms with E-state index in [0.717, 1.165) is 28.9 Å². The fourth-order valence-electron chi connectivity index (χ4n) is 1.87. The number of fused-ring (bicyclic) bond motifs is 1. The smallest absolute Gasteiger partial charge is 0.231 e. The fourth-order valence-corrected chi connectivity index (χ4v) is 1.87. The van der Waals surface area contributed by atoms with Crippen LogP contribution in [0.25, 0.3) is 11.1 Å². The molecule has 3 nitrogen and oxygen atoms in total. The molecule has 0 atom stereocenters. The zero-order valence-corrected chi connectivity index (χ0v) is 9.05. The summed E-state index contributed by atoms with van der Waals surface area (Å²) in [5.74, 6) is 1.51. The number of benzene rings is 2. The second-order valence-electron chi connectivity index (χ2n) is 3.81. The largest absolute Gasteiger partial charge is 0.454 e. The third-order valence-electron chi connectivity index (χ3n) is 2.73. The van der Waals surface area contributed by atoms with Crippen LogP contribution in [-0.4, -0.2) is 13.1 Å². The Morgan fingerprint density at radius 3 is 2.65 bits per heavy atom. The van der Waals surface area contributed by atoms with E-state index in [1.54, 1.807) is 6.07 Å². The maximum atomic E-state index is 10.7. The normalized spacial score (nSPS) is 12.5. The molecule has 0 saturated heterocycles. The van der Waals surface area contributed by atoms with Crippen molar-refractivity contribution in [1.29, 1.82) is 0 Å². The maximum Gasteiger partial charge on any atom is 0.231 e. The predicted molar refractivity (Wildman–Crippen MR) is 63.4 cm³/mol. The van der Waals surface area contributed by atoms with E-state index >= 15 is 0 Å². The van der Waals surface area contributed by atoms with Crippen molar-refractivity contribution >= 4 is 6.29 Å². The highest BCUT2D eigenvalue weighted by Crippen LogP contribution is 2.35. The molecule has 1 heterocycles. The molecule has 1 aliphatic rings. The van der Waals surface area contributed by atoms with Gasteiger partial charge in [-0.2, -0.15) is 0 Å². The van der Waals surface area contributed by atoms with Crippen LogP contribution >= 0.6 is 0 Å². The molecule has 2 aromatic rings. The lowest BCUT2D eigenvalue weighted by Gasteiger charge is -2.03. The van der Waals surface area contributed by atoms with Crippen molar-refractivity contribution in [2.24, 2.45) is 0 Å². The summed E-state index contributed by atoms with van der Waals surface area (Å²) in [4.78, 5) is 10.7. The Kier molecular flexibility index (Phi) is 2.29. The Bertz CT molecular complexity index is 575. The van der Waals surface area contributed by atoms with E-state index in [9.17, 15) is 4.79 Å². The lowest BCUT2D eigenvalue weighted by Crippen LogP contribution is -1.92. The first-order chi connectivity index (χ1) is 8.36. The van der Waals surface area contributed by atoms with Gasteiger partial charge in [-0.3, -0.25) is 4.79 Å². The van der Waals surface area contributed by atoms with Gasteiger partial charge in [0.1, 0.15) is 6.29 Å². The zero-order valence-electron chi connectivity index (χ0n) is 9.05. The van der Waals surface area contributed by atoms with Crippen LogP contribution in [0, 0.1) is 0 Å². The Balaban J connectivity index is 2.06. The molecule has 1 aliphatic heterocycles. The van der Waals surface area contributed by atoms with Gasteiger partial charge in [-0.1, -0.05) is 24.3 Å². The summed E-state index contributed by atoms with van der Waals surface area (Å²) < 4.78 is 10.6. The standard InChI is InChI=1S/C14H10O3/c15-8-10-2-1-3-11(6-10)12-4-5-13-14(7-12)17-9-16-13/h1-8H,9H2. The number of hydrogen-bond donors (Lipinski definition) is 0. The van der Waals surface area contributed by atoms with Gasteiger partial charge < -0.3 is 9.47 Å². The lowest BCUT2D eigenvalue weighted by atomic mass is 10.0. The monoisotopic (exact) mass is 226 g/mol. The SMILES string of the molecule is O=Cc1cccc(-c2ccc3c(c2)OCO3)c1. The number of rotatable bonds is 2. The van der Waals surface area contributed by atoms with Gasteiger partial charge in [0.25, 0.3) is 0 Å². The van der Waals surface area contributed by atoms with Gasteiger partial charge in [0, 0.05) is 5.56 Å². The van der Waals surface area contributed by atoms with Gasteiger partial charge in [-0.05, 0) is 29.3 Å². The molecule has 3 rings (SSSR count). The molecule has 0 N–H and O–H groups in total. The van der Waals surface area contributed by atoms with Crippen LogP contribution in [0.15, 0.2) is 42.5 Å². The van der Waals surface area contributed by atoms with Crippen molar-refractivity contribution in [3.63, 3.8) is 0 Å². The van der Waals surface area contributed by atoms with Crippen LogP contribution < -0.4 is 9.47 Å². The summed E-state index contributed by atoms with van der Waals surface area (Å²) in [5, 5.41) is 0. The Morgan fingerprint density at radius 2 is 1.76 bits per heavy atom. The van der Waals surface area contributed by atoms with Gasteiger partial charge in [0.2, 0.25) is 6.79 Å². The average molecular weight is 226 g/mol. The highest BCUT2D eigenvalue weighted by Gasteiger charge is 2.13. The van der Waals surface area contributed by atoms with Gasteiger partial charge in [0.15, 0.2) is 11.5 Å². The van der Waals surface area contributed by atoms with Crippen LogP contribution in [0.3, 0.4) is 0 Å².